The first-order chi connectivity index (χ1) is 8.51. The molecule has 0 aromatic rings. The van der Waals surface area contributed by atoms with Gasteiger partial charge in [-0.05, 0) is 19.8 Å². The molecule has 2 unspecified atom stereocenters. The first-order valence-corrected chi connectivity index (χ1v) is 7.50. The van der Waals surface area contributed by atoms with Crippen LogP contribution in [0.25, 0.3) is 0 Å². The van der Waals surface area contributed by atoms with Crippen LogP contribution in [0.5, 0.6) is 0 Å². The fourth-order valence-corrected chi connectivity index (χ4v) is 4.62. The molecule has 18 heavy (non-hydrogen) atoms. The lowest BCUT2D eigenvalue weighted by atomic mass is 10.2. The Kier molecular flexibility index (Phi) is 2.82. The smallest absolute Gasteiger partial charge is 0.246 e. The maximum atomic E-state index is 12.5. The van der Waals surface area contributed by atoms with E-state index in [1.54, 1.807) is 11.8 Å². The fourth-order valence-electron chi connectivity index (χ4n) is 3.20. The summed E-state index contributed by atoms with van der Waals surface area (Å²) in [7, 11) is 0. The number of nitrogens with two attached hydrogens (primary N) is 1. The van der Waals surface area contributed by atoms with Crippen LogP contribution in [-0.4, -0.2) is 57.4 Å². The monoisotopic (exact) mass is 269 g/mol. The number of hydrogen-bond donors (Lipinski definition) is 1. The molecule has 3 rings (SSSR count). The van der Waals surface area contributed by atoms with Gasteiger partial charge in [0.25, 0.3) is 0 Å². The van der Waals surface area contributed by atoms with Crippen LogP contribution < -0.4 is 5.73 Å². The second-order valence-electron chi connectivity index (χ2n) is 5.60. The average Bonchev–Trinajstić information content (AvgIpc) is 2.96. The summed E-state index contributed by atoms with van der Waals surface area (Å²) in [6.45, 7) is 3.45. The Hall–Kier alpha value is -0.750. The van der Waals surface area contributed by atoms with Gasteiger partial charge in [0, 0.05) is 31.3 Å². The van der Waals surface area contributed by atoms with Crippen LogP contribution in [0, 0.1) is 0 Å². The molecule has 5 nitrogen and oxygen atoms in total. The van der Waals surface area contributed by atoms with Crippen LogP contribution in [0.15, 0.2) is 0 Å². The lowest BCUT2D eigenvalue weighted by Gasteiger charge is -2.31. The van der Waals surface area contributed by atoms with E-state index in [9.17, 15) is 9.59 Å². The fraction of sp³-hybridized carbons (Fsp3) is 0.833. The Bertz CT molecular complexity index is 403. The van der Waals surface area contributed by atoms with Gasteiger partial charge < -0.3 is 15.5 Å². The minimum atomic E-state index is -0.264. The zero-order valence-corrected chi connectivity index (χ0v) is 11.4. The lowest BCUT2D eigenvalue weighted by Crippen LogP contribution is -2.51. The summed E-state index contributed by atoms with van der Waals surface area (Å²) in [5.74, 6) is 0.950. The van der Waals surface area contributed by atoms with E-state index in [1.807, 2.05) is 9.80 Å². The molecule has 0 saturated carbocycles. The van der Waals surface area contributed by atoms with Gasteiger partial charge in [-0.1, -0.05) is 0 Å². The second-order valence-corrected chi connectivity index (χ2v) is 7.10. The number of carbonyl (C=O) groups is 2. The Balaban J connectivity index is 1.77. The van der Waals surface area contributed by atoms with Gasteiger partial charge in [0.15, 0.2) is 0 Å². The van der Waals surface area contributed by atoms with E-state index < -0.39 is 0 Å². The average molecular weight is 269 g/mol. The summed E-state index contributed by atoms with van der Waals surface area (Å²) in [5, 5.41) is 0. The maximum Gasteiger partial charge on any atom is 0.246 e. The van der Waals surface area contributed by atoms with Gasteiger partial charge in [0.2, 0.25) is 11.8 Å². The molecule has 3 atom stereocenters. The molecule has 3 saturated heterocycles. The quantitative estimate of drug-likeness (QED) is 0.727. The van der Waals surface area contributed by atoms with Gasteiger partial charge in [-0.3, -0.25) is 9.59 Å². The normalized spacial score (nSPS) is 39.6. The van der Waals surface area contributed by atoms with Crippen LogP contribution >= 0.6 is 11.8 Å². The van der Waals surface area contributed by atoms with Crippen LogP contribution in [0.2, 0.25) is 0 Å². The Morgan fingerprint density at radius 3 is 3.00 bits per heavy atom. The molecular formula is C12H19N3O2S. The highest BCUT2D eigenvalue weighted by Crippen LogP contribution is 2.47. The van der Waals surface area contributed by atoms with Gasteiger partial charge >= 0.3 is 0 Å². The summed E-state index contributed by atoms with van der Waals surface area (Å²) in [6, 6.07) is -0.163. The van der Waals surface area contributed by atoms with E-state index >= 15 is 0 Å². The summed E-state index contributed by atoms with van der Waals surface area (Å²) < 4.78 is 0. The highest BCUT2D eigenvalue weighted by molar-refractivity contribution is 8.01. The van der Waals surface area contributed by atoms with Gasteiger partial charge in [-0.2, -0.15) is 0 Å². The first kappa shape index (κ1) is 12.3. The number of amides is 2. The zero-order valence-electron chi connectivity index (χ0n) is 10.6. The van der Waals surface area contributed by atoms with E-state index in [2.05, 4.69) is 6.92 Å². The van der Waals surface area contributed by atoms with E-state index in [4.69, 9.17) is 5.73 Å². The Morgan fingerprint density at radius 2 is 2.33 bits per heavy atom. The number of hydrogen-bond acceptors (Lipinski definition) is 4. The Morgan fingerprint density at radius 1 is 1.56 bits per heavy atom. The number of rotatable bonds is 1. The predicted molar refractivity (Wildman–Crippen MR) is 69.9 cm³/mol. The van der Waals surface area contributed by atoms with Crippen molar-refractivity contribution in [3.63, 3.8) is 0 Å². The van der Waals surface area contributed by atoms with Crippen molar-refractivity contribution in [2.75, 3.05) is 18.8 Å². The van der Waals surface area contributed by atoms with E-state index in [0.717, 1.165) is 25.1 Å². The van der Waals surface area contributed by atoms with E-state index in [-0.39, 0.29) is 28.8 Å². The van der Waals surface area contributed by atoms with Crippen LogP contribution in [-0.2, 0) is 9.59 Å². The highest BCUT2D eigenvalue weighted by Gasteiger charge is 2.53. The van der Waals surface area contributed by atoms with Crippen LogP contribution in [0.3, 0.4) is 0 Å². The van der Waals surface area contributed by atoms with E-state index in [1.165, 1.54) is 0 Å². The summed E-state index contributed by atoms with van der Waals surface area (Å²) >= 11 is 1.74. The number of fused-ring (bicyclic) bond motifs is 1. The predicted octanol–water partition coefficient (Wildman–Crippen LogP) is 0.000000000000000722. The number of thioether (sulfide) groups is 1. The van der Waals surface area contributed by atoms with Crippen molar-refractivity contribution >= 4 is 23.6 Å². The zero-order chi connectivity index (χ0) is 12.9. The van der Waals surface area contributed by atoms with Crippen molar-refractivity contribution in [2.45, 2.75) is 43.1 Å². The van der Waals surface area contributed by atoms with Crippen LogP contribution in [0.4, 0.5) is 0 Å². The molecule has 3 heterocycles. The molecule has 3 aliphatic heterocycles. The largest absolute Gasteiger partial charge is 0.339 e. The summed E-state index contributed by atoms with van der Waals surface area (Å²) in [4.78, 5) is 28.0. The maximum absolute atomic E-state index is 12.5. The minimum Gasteiger partial charge on any atom is -0.339 e. The molecule has 3 aliphatic rings. The third-order valence-electron chi connectivity index (χ3n) is 4.27. The van der Waals surface area contributed by atoms with Crippen molar-refractivity contribution < 1.29 is 9.59 Å². The van der Waals surface area contributed by atoms with Crippen molar-refractivity contribution in [1.29, 1.82) is 0 Å². The van der Waals surface area contributed by atoms with Crippen molar-refractivity contribution in [1.82, 2.24) is 9.80 Å². The number of likely N-dealkylation sites (tertiary alicyclic amines) is 1. The van der Waals surface area contributed by atoms with Gasteiger partial charge in [-0.15, -0.1) is 11.8 Å². The minimum absolute atomic E-state index is 0.0921. The molecule has 0 spiro atoms. The molecule has 2 amide bonds. The molecule has 100 valence electrons. The van der Waals surface area contributed by atoms with Crippen molar-refractivity contribution in [2.24, 2.45) is 5.73 Å². The summed E-state index contributed by atoms with van der Waals surface area (Å²) in [5.41, 5.74) is 5.84. The van der Waals surface area contributed by atoms with Crippen molar-refractivity contribution in [3.05, 3.63) is 0 Å². The standard InChI is InChI=1S/C12H19N3O2S/c1-12-4-2-10(16)15(12)9(7-18-12)11(17)14-5-3-8(13)6-14/h8-9H,2-7,13H2,1H3/t8-,9?,12?/m1/s1. The first-order valence-electron chi connectivity index (χ1n) is 6.52. The molecular weight excluding hydrogens is 250 g/mol. The van der Waals surface area contributed by atoms with Crippen LogP contribution in [0.1, 0.15) is 26.2 Å². The third kappa shape index (κ3) is 1.73. The SMILES string of the molecule is CC12CCC(=O)N1C(C(=O)N1CC[C@@H](N)C1)CS2. The molecule has 3 fully saturated rings. The van der Waals surface area contributed by atoms with Gasteiger partial charge in [-0.25, -0.2) is 0 Å². The molecule has 0 bridgehead atoms. The lowest BCUT2D eigenvalue weighted by molar-refractivity contribution is -0.143. The van der Waals surface area contributed by atoms with E-state index in [0.29, 0.717) is 13.0 Å². The molecule has 0 aromatic carbocycles. The van der Waals surface area contributed by atoms with Crippen molar-refractivity contribution in [3.8, 4) is 0 Å². The topological polar surface area (TPSA) is 66.6 Å². The Labute approximate surface area is 111 Å². The molecule has 0 aliphatic carbocycles. The number of carbonyl (C=O) groups excluding carboxylic acids is 2. The molecule has 0 radical (unpaired) electrons. The number of nitrogens with zero attached hydrogens (tertiary/aromatic N) is 2. The van der Waals surface area contributed by atoms with Gasteiger partial charge in [0.05, 0.1) is 4.87 Å². The molecule has 0 aromatic heterocycles. The molecule has 2 N–H and O–H groups in total. The molecule has 6 heteroatoms. The third-order valence-corrected chi connectivity index (χ3v) is 5.77. The van der Waals surface area contributed by atoms with Gasteiger partial charge in [0.1, 0.15) is 6.04 Å². The second kappa shape index (κ2) is 4.13. The summed E-state index contributed by atoms with van der Waals surface area (Å²) in [6.07, 6.45) is 2.31. The highest BCUT2D eigenvalue weighted by atomic mass is 32.2.